The molecule has 0 aromatic carbocycles. The molecule has 5 heteroatoms. The lowest BCUT2D eigenvalue weighted by molar-refractivity contribution is 0.0698. The number of nitrogens with zero attached hydrogens (tertiary/aromatic N) is 2. The number of nitrogens with two attached hydrogens (primary N) is 1. The van der Waals surface area contributed by atoms with Gasteiger partial charge in [0, 0.05) is 6.20 Å². The van der Waals surface area contributed by atoms with Gasteiger partial charge in [-0.3, -0.25) is 0 Å². The van der Waals surface area contributed by atoms with Crippen LogP contribution >= 0.6 is 0 Å². The van der Waals surface area contributed by atoms with E-state index in [0.717, 1.165) is 0 Å². The Labute approximate surface area is 74.8 Å². The van der Waals surface area contributed by atoms with E-state index < -0.39 is 5.97 Å². The summed E-state index contributed by atoms with van der Waals surface area (Å²) in [5.74, 6) is -0.985. The summed E-state index contributed by atoms with van der Waals surface area (Å²) in [6.07, 6.45) is 5.87. The summed E-state index contributed by atoms with van der Waals surface area (Å²) in [4.78, 5) is 10.5. The molecule has 0 amide bonds. The fraction of sp³-hybridized carbons (Fsp3) is 0. The molecule has 0 atom stereocenters. The first-order valence-corrected chi connectivity index (χ1v) is 3.52. The Hall–Kier alpha value is -2.04. The summed E-state index contributed by atoms with van der Waals surface area (Å²) in [6, 6.07) is 0. The van der Waals surface area contributed by atoms with Gasteiger partial charge in [0.2, 0.25) is 0 Å². The average molecular weight is 179 g/mol. The third-order valence-electron chi connectivity index (χ3n) is 1.43. The Kier molecular flexibility index (Phi) is 2.49. The van der Waals surface area contributed by atoms with E-state index >= 15 is 0 Å². The van der Waals surface area contributed by atoms with Crippen LogP contribution in [-0.2, 0) is 0 Å². The number of aromatic nitrogens is 2. The first-order valence-electron chi connectivity index (χ1n) is 3.52. The molecule has 5 nitrogen and oxygen atoms in total. The number of rotatable bonds is 3. The van der Waals surface area contributed by atoms with E-state index in [1.807, 2.05) is 0 Å². The quantitative estimate of drug-likeness (QED) is 0.673. The number of carboxylic acids is 1. The standard InChI is InChI=1S/C8H9N3O2/c1-2-3-4-11-7(9)6(5-10-11)8(12)13/h2-5H,1,9H2,(H,12,13). The second-order valence-electron chi connectivity index (χ2n) is 2.27. The highest BCUT2D eigenvalue weighted by Gasteiger charge is 2.11. The minimum absolute atomic E-state index is 0.00582. The molecule has 0 fully saturated rings. The van der Waals surface area contributed by atoms with Crippen LogP contribution in [0.2, 0.25) is 0 Å². The van der Waals surface area contributed by atoms with Crippen LogP contribution in [0.5, 0.6) is 0 Å². The van der Waals surface area contributed by atoms with Crippen LogP contribution in [0.25, 0.3) is 6.20 Å². The summed E-state index contributed by atoms with van der Waals surface area (Å²) >= 11 is 0. The molecule has 0 bridgehead atoms. The number of nitrogen functional groups attached to an aromatic ring is 1. The Bertz CT molecular complexity index is 365. The van der Waals surface area contributed by atoms with Crippen LogP contribution < -0.4 is 5.73 Å². The van der Waals surface area contributed by atoms with Crippen LogP contribution in [0, 0.1) is 0 Å². The zero-order chi connectivity index (χ0) is 9.84. The number of carboxylic acid groups (broad SMARTS) is 1. The largest absolute Gasteiger partial charge is 0.477 e. The highest BCUT2D eigenvalue weighted by Crippen LogP contribution is 2.10. The Morgan fingerprint density at radius 2 is 2.46 bits per heavy atom. The fourth-order valence-corrected chi connectivity index (χ4v) is 0.798. The summed E-state index contributed by atoms with van der Waals surface area (Å²) in [6.45, 7) is 3.46. The van der Waals surface area contributed by atoms with E-state index in [2.05, 4.69) is 11.7 Å². The van der Waals surface area contributed by atoms with Gasteiger partial charge >= 0.3 is 5.97 Å². The van der Waals surface area contributed by atoms with Gasteiger partial charge in [0.05, 0.1) is 6.20 Å². The second kappa shape index (κ2) is 3.57. The number of aromatic carboxylic acids is 1. The van der Waals surface area contributed by atoms with E-state index in [1.54, 1.807) is 12.2 Å². The number of carbonyl (C=O) groups is 1. The monoisotopic (exact) mass is 179 g/mol. The first kappa shape index (κ1) is 9.05. The minimum atomic E-state index is -1.09. The minimum Gasteiger partial charge on any atom is -0.477 e. The molecule has 3 N–H and O–H groups in total. The maximum Gasteiger partial charge on any atom is 0.341 e. The van der Waals surface area contributed by atoms with Crippen molar-refractivity contribution in [3.8, 4) is 0 Å². The lowest BCUT2D eigenvalue weighted by Crippen LogP contribution is -2.02. The van der Waals surface area contributed by atoms with E-state index in [0.29, 0.717) is 0 Å². The van der Waals surface area contributed by atoms with E-state index in [1.165, 1.54) is 17.1 Å². The molecule has 0 aliphatic rings. The number of hydrogen-bond acceptors (Lipinski definition) is 3. The van der Waals surface area contributed by atoms with Gasteiger partial charge < -0.3 is 10.8 Å². The lowest BCUT2D eigenvalue weighted by Gasteiger charge is -1.95. The smallest absolute Gasteiger partial charge is 0.341 e. The Morgan fingerprint density at radius 1 is 1.77 bits per heavy atom. The van der Waals surface area contributed by atoms with Crippen molar-refractivity contribution in [1.82, 2.24) is 9.78 Å². The van der Waals surface area contributed by atoms with Gasteiger partial charge in [-0.25, -0.2) is 9.48 Å². The van der Waals surface area contributed by atoms with Crippen molar-refractivity contribution >= 4 is 18.0 Å². The Morgan fingerprint density at radius 3 is 2.92 bits per heavy atom. The van der Waals surface area contributed by atoms with Crippen LogP contribution in [0.3, 0.4) is 0 Å². The summed E-state index contributed by atoms with van der Waals surface area (Å²) in [5.41, 5.74) is 5.47. The third-order valence-corrected chi connectivity index (χ3v) is 1.43. The van der Waals surface area contributed by atoms with Crippen molar-refractivity contribution in [1.29, 1.82) is 0 Å². The molecule has 68 valence electrons. The van der Waals surface area contributed by atoms with Crippen molar-refractivity contribution < 1.29 is 9.90 Å². The molecule has 0 unspecified atom stereocenters. The van der Waals surface area contributed by atoms with Gasteiger partial charge in [-0.1, -0.05) is 12.7 Å². The molecular weight excluding hydrogens is 170 g/mol. The topological polar surface area (TPSA) is 81.1 Å². The summed E-state index contributed by atoms with van der Waals surface area (Å²) < 4.78 is 1.27. The molecule has 0 saturated heterocycles. The van der Waals surface area contributed by atoms with Crippen molar-refractivity contribution in [2.75, 3.05) is 5.73 Å². The molecule has 0 saturated carbocycles. The molecular formula is C8H9N3O2. The van der Waals surface area contributed by atoms with E-state index in [4.69, 9.17) is 10.8 Å². The molecule has 1 heterocycles. The van der Waals surface area contributed by atoms with Crippen molar-refractivity contribution in [3.05, 3.63) is 30.5 Å². The highest BCUT2D eigenvalue weighted by atomic mass is 16.4. The van der Waals surface area contributed by atoms with Crippen LogP contribution in [0.4, 0.5) is 5.82 Å². The first-order chi connectivity index (χ1) is 6.16. The molecule has 1 aromatic heterocycles. The maximum atomic E-state index is 10.5. The third kappa shape index (κ3) is 1.76. The van der Waals surface area contributed by atoms with Crippen LogP contribution in [-0.4, -0.2) is 20.9 Å². The number of anilines is 1. The van der Waals surface area contributed by atoms with Gasteiger partial charge in [-0.2, -0.15) is 5.10 Å². The number of allylic oxidation sites excluding steroid dienone is 2. The predicted octanol–water partition coefficient (Wildman–Crippen LogP) is 0.820. The van der Waals surface area contributed by atoms with Gasteiger partial charge in [0.15, 0.2) is 0 Å². The zero-order valence-electron chi connectivity index (χ0n) is 6.84. The molecule has 13 heavy (non-hydrogen) atoms. The highest BCUT2D eigenvalue weighted by molar-refractivity contribution is 5.92. The summed E-state index contributed by atoms with van der Waals surface area (Å²) in [5, 5.41) is 12.4. The normalized spacial score (nSPS) is 10.5. The summed E-state index contributed by atoms with van der Waals surface area (Å²) in [7, 11) is 0. The fourth-order valence-electron chi connectivity index (χ4n) is 0.798. The van der Waals surface area contributed by atoms with Crippen molar-refractivity contribution in [3.63, 3.8) is 0 Å². The van der Waals surface area contributed by atoms with Crippen molar-refractivity contribution in [2.24, 2.45) is 0 Å². The maximum absolute atomic E-state index is 10.5. The molecule has 1 aromatic rings. The van der Waals surface area contributed by atoms with Gasteiger partial charge in [0.1, 0.15) is 11.4 Å². The SMILES string of the molecule is C=CC=Cn1ncc(C(=O)O)c1N. The zero-order valence-corrected chi connectivity index (χ0v) is 6.84. The molecule has 1 rings (SSSR count). The van der Waals surface area contributed by atoms with Gasteiger partial charge in [-0.15, -0.1) is 0 Å². The van der Waals surface area contributed by atoms with Gasteiger partial charge in [-0.05, 0) is 6.08 Å². The predicted molar refractivity (Wildman–Crippen MR) is 49.1 cm³/mol. The van der Waals surface area contributed by atoms with E-state index in [9.17, 15) is 4.79 Å². The molecule has 0 radical (unpaired) electrons. The lowest BCUT2D eigenvalue weighted by atomic mass is 10.3. The Balaban J connectivity index is 3.06. The van der Waals surface area contributed by atoms with Crippen LogP contribution in [0.15, 0.2) is 24.9 Å². The van der Waals surface area contributed by atoms with Crippen molar-refractivity contribution in [2.45, 2.75) is 0 Å². The molecule has 0 aliphatic heterocycles. The van der Waals surface area contributed by atoms with E-state index in [-0.39, 0.29) is 11.4 Å². The van der Waals surface area contributed by atoms with Gasteiger partial charge in [0.25, 0.3) is 0 Å². The number of hydrogen-bond donors (Lipinski definition) is 2. The molecule has 0 spiro atoms. The van der Waals surface area contributed by atoms with Crippen LogP contribution in [0.1, 0.15) is 10.4 Å². The molecule has 0 aliphatic carbocycles. The average Bonchev–Trinajstić information content (AvgIpc) is 2.43. The second-order valence-corrected chi connectivity index (χ2v) is 2.27.